The van der Waals surface area contributed by atoms with Crippen LogP contribution in [-0.4, -0.2) is 17.2 Å². The van der Waals surface area contributed by atoms with Gasteiger partial charge in [0.2, 0.25) is 6.08 Å². The molecule has 0 aromatic heterocycles. The van der Waals surface area contributed by atoms with Crippen LogP contribution in [0, 0.1) is 12.8 Å². The largest absolute Gasteiger partial charge is 0.481 e. The summed E-state index contributed by atoms with van der Waals surface area (Å²) in [7, 11) is 0. The highest BCUT2D eigenvalue weighted by Crippen LogP contribution is 2.28. The first-order valence-corrected chi connectivity index (χ1v) is 5.01. The summed E-state index contributed by atoms with van der Waals surface area (Å²) in [5, 5.41) is 8.05. The van der Waals surface area contributed by atoms with E-state index in [0.29, 0.717) is 5.69 Å². The summed E-state index contributed by atoms with van der Waals surface area (Å²) >= 11 is 0. The number of aliphatic carboxylic acids is 1. The topological polar surface area (TPSA) is 66.7 Å². The van der Waals surface area contributed by atoms with Crippen molar-refractivity contribution in [3.8, 4) is 0 Å². The van der Waals surface area contributed by atoms with Crippen LogP contribution in [0.1, 0.15) is 18.4 Å². The summed E-state index contributed by atoms with van der Waals surface area (Å²) in [6.45, 7) is 1.98. The normalized spacial score (nSPS) is 13.1. The summed E-state index contributed by atoms with van der Waals surface area (Å²) in [5.41, 5.74) is 1.81. The molecule has 0 bridgehead atoms. The van der Waals surface area contributed by atoms with E-state index in [0.717, 1.165) is 18.4 Å². The van der Waals surface area contributed by atoms with Crippen molar-refractivity contribution < 1.29 is 14.7 Å². The highest BCUT2D eigenvalue weighted by molar-refractivity contribution is 5.72. The van der Waals surface area contributed by atoms with E-state index in [1.54, 1.807) is 12.1 Å². The number of hydrogen-bond donors (Lipinski definition) is 1. The Bertz CT molecular complexity index is 401. The molecule has 4 nitrogen and oxygen atoms in total. The molecule has 1 aromatic rings. The van der Waals surface area contributed by atoms with Gasteiger partial charge in [0.05, 0.1) is 11.6 Å². The molecule has 0 atom stereocenters. The highest BCUT2D eigenvalue weighted by Gasteiger charge is 2.28. The number of carboxylic acid groups (broad SMARTS) is 1. The van der Waals surface area contributed by atoms with Crippen LogP contribution in [0.3, 0.4) is 0 Å². The number of nitrogens with zero attached hydrogens (tertiary/aromatic N) is 1. The molecule has 0 heterocycles. The molecule has 16 heavy (non-hydrogen) atoms. The number of carbonyl (C=O) groups is 1. The predicted octanol–water partition coefficient (Wildman–Crippen LogP) is 2.44. The van der Waals surface area contributed by atoms with E-state index in [4.69, 9.17) is 5.11 Å². The van der Waals surface area contributed by atoms with Gasteiger partial charge < -0.3 is 5.11 Å². The van der Waals surface area contributed by atoms with Gasteiger partial charge in [-0.1, -0.05) is 17.7 Å². The van der Waals surface area contributed by atoms with Crippen LogP contribution < -0.4 is 0 Å². The maximum Gasteiger partial charge on any atom is 0.306 e. The molecule has 0 saturated heterocycles. The molecule has 0 unspecified atom stereocenters. The molecular weight excluding hydrogens is 206 g/mol. The molecule has 1 aromatic carbocycles. The van der Waals surface area contributed by atoms with Gasteiger partial charge in [-0.3, -0.25) is 4.79 Å². The van der Waals surface area contributed by atoms with Gasteiger partial charge in [-0.2, -0.15) is 4.99 Å². The standard InChI is InChI=1S/C8H7NO.C4H6O2/c1-7-2-4-8(5-3-7)9-6-10;5-4(6)3-1-2-3/h2-5H,1H3;3H,1-2H2,(H,5,6). The second-order valence-electron chi connectivity index (χ2n) is 3.65. The van der Waals surface area contributed by atoms with E-state index in [-0.39, 0.29) is 5.92 Å². The zero-order chi connectivity index (χ0) is 12.0. The average molecular weight is 219 g/mol. The van der Waals surface area contributed by atoms with Crippen molar-refractivity contribution in [1.29, 1.82) is 0 Å². The van der Waals surface area contributed by atoms with E-state index in [2.05, 4.69) is 4.99 Å². The van der Waals surface area contributed by atoms with Gasteiger partial charge in [-0.15, -0.1) is 0 Å². The van der Waals surface area contributed by atoms with Crippen molar-refractivity contribution in [2.45, 2.75) is 19.8 Å². The van der Waals surface area contributed by atoms with Gasteiger partial charge in [0.25, 0.3) is 0 Å². The molecule has 84 valence electrons. The molecule has 1 aliphatic rings. The molecule has 0 aliphatic heterocycles. The lowest BCUT2D eigenvalue weighted by atomic mass is 10.2. The van der Waals surface area contributed by atoms with Crippen LogP contribution in [0.15, 0.2) is 29.3 Å². The first kappa shape index (κ1) is 12.1. The third-order valence-corrected chi connectivity index (χ3v) is 2.14. The van der Waals surface area contributed by atoms with Gasteiger partial charge in [0.15, 0.2) is 0 Å². The summed E-state index contributed by atoms with van der Waals surface area (Å²) in [6, 6.07) is 7.35. The maximum absolute atomic E-state index is 9.77. The SMILES string of the molecule is Cc1ccc(N=C=O)cc1.O=C(O)C1CC1. The Balaban J connectivity index is 0.000000181. The molecule has 1 N–H and O–H groups in total. The third kappa shape index (κ3) is 4.53. The summed E-state index contributed by atoms with van der Waals surface area (Å²) < 4.78 is 0. The number of hydrogen-bond acceptors (Lipinski definition) is 3. The molecule has 1 saturated carbocycles. The predicted molar refractivity (Wildman–Crippen MR) is 59.3 cm³/mol. The van der Waals surface area contributed by atoms with E-state index < -0.39 is 5.97 Å². The number of carboxylic acids is 1. The van der Waals surface area contributed by atoms with Crippen molar-refractivity contribution in [1.82, 2.24) is 0 Å². The Morgan fingerprint density at radius 1 is 1.38 bits per heavy atom. The lowest BCUT2D eigenvalue weighted by molar-refractivity contribution is -0.138. The van der Waals surface area contributed by atoms with Crippen molar-refractivity contribution >= 4 is 17.7 Å². The molecule has 4 heteroatoms. The van der Waals surface area contributed by atoms with Crippen LogP contribution in [0.2, 0.25) is 0 Å². The highest BCUT2D eigenvalue weighted by atomic mass is 16.4. The molecule has 0 spiro atoms. The van der Waals surface area contributed by atoms with Crippen molar-refractivity contribution in [2.75, 3.05) is 0 Å². The maximum atomic E-state index is 9.77. The molecule has 1 fully saturated rings. The van der Waals surface area contributed by atoms with Crippen molar-refractivity contribution in [3.63, 3.8) is 0 Å². The Labute approximate surface area is 93.6 Å². The molecular formula is C12H13NO3. The number of aliphatic imine (C=N–C) groups is 1. The van der Waals surface area contributed by atoms with Gasteiger partial charge in [-0.25, -0.2) is 4.79 Å². The lowest BCUT2D eigenvalue weighted by Gasteiger charge is -1.89. The van der Waals surface area contributed by atoms with Gasteiger partial charge in [0, 0.05) is 0 Å². The second kappa shape index (κ2) is 5.83. The minimum atomic E-state index is -0.630. The van der Waals surface area contributed by atoms with E-state index in [1.807, 2.05) is 19.1 Å². The first-order valence-electron chi connectivity index (χ1n) is 5.01. The number of isocyanates is 1. The molecule has 2 rings (SSSR count). The van der Waals surface area contributed by atoms with Crippen LogP contribution in [0.25, 0.3) is 0 Å². The second-order valence-corrected chi connectivity index (χ2v) is 3.65. The fraction of sp³-hybridized carbons (Fsp3) is 0.333. The fourth-order valence-electron chi connectivity index (χ4n) is 1.00. The lowest BCUT2D eigenvalue weighted by Crippen LogP contribution is -1.94. The molecule has 0 amide bonds. The Kier molecular flexibility index (Phi) is 4.42. The number of benzene rings is 1. The quantitative estimate of drug-likeness (QED) is 0.613. The fourth-order valence-corrected chi connectivity index (χ4v) is 1.00. The van der Waals surface area contributed by atoms with Crippen LogP contribution in [0.5, 0.6) is 0 Å². The van der Waals surface area contributed by atoms with Gasteiger partial charge in [0.1, 0.15) is 0 Å². The van der Waals surface area contributed by atoms with Crippen molar-refractivity contribution in [2.24, 2.45) is 10.9 Å². The third-order valence-electron chi connectivity index (χ3n) is 2.14. The monoisotopic (exact) mass is 219 g/mol. The van der Waals surface area contributed by atoms with Crippen molar-refractivity contribution in [3.05, 3.63) is 29.8 Å². The summed E-state index contributed by atoms with van der Waals surface area (Å²) in [6.07, 6.45) is 3.27. The summed E-state index contributed by atoms with van der Waals surface area (Å²) in [5.74, 6) is -0.611. The molecule has 0 radical (unpaired) electrons. The Hall–Kier alpha value is -1.93. The minimum absolute atomic E-state index is 0.0185. The van der Waals surface area contributed by atoms with Crippen LogP contribution in [-0.2, 0) is 9.59 Å². The Morgan fingerprint density at radius 3 is 2.25 bits per heavy atom. The molecule has 1 aliphatic carbocycles. The smallest absolute Gasteiger partial charge is 0.306 e. The van der Waals surface area contributed by atoms with Crippen LogP contribution >= 0.6 is 0 Å². The van der Waals surface area contributed by atoms with E-state index in [1.165, 1.54) is 6.08 Å². The number of carbonyl (C=O) groups excluding carboxylic acids is 1. The number of aryl methyl sites for hydroxylation is 1. The van der Waals surface area contributed by atoms with Gasteiger partial charge >= 0.3 is 5.97 Å². The van der Waals surface area contributed by atoms with Gasteiger partial charge in [-0.05, 0) is 31.9 Å². The average Bonchev–Trinajstić information content (AvgIpc) is 3.06. The number of rotatable bonds is 2. The zero-order valence-corrected chi connectivity index (χ0v) is 9.01. The van der Waals surface area contributed by atoms with Crippen LogP contribution in [0.4, 0.5) is 5.69 Å². The Morgan fingerprint density at radius 2 is 1.94 bits per heavy atom. The first-order chi connectivity index (χ1) is 7.63. The summed E-state index contributed by atoms with van der Waals surface area (Å²) in [4.78, 5) is 23.0. The minimum Gasteiger partial charge on any atom is -0.481 e. The van der Waals surface area contributed by atoms with E-state index >= 15 is 0 Å². The zero-order valence-electron chi connectivity index (χ0n) is 9.01. The van der Waals surface area contributed by atoms with E-state index in [9.17, 15) is 9.59 Å².